The molecule has 1 N–H and O–H groups in total. The molecule has 11 heteroatoms. The molecule has 1 aromatic heterocycles. The summed E-state index contributed by atoms with van der Waals surface area (Å²) >= 11 is 1.69. The number of sulfonamides is 1. The molecule has 0 radical (unpaired) electrons. The molecule has 1 aliphatic heterocycles. The van der Waals surface area contributed by atoms with E-state index >= 15 is 0 Å². The van der Waals surface area contributed by atoms with Crippen LogP contribution in [0.3, 0.4) is 0 Å². The number of para-hydroxylation sites is 1. The summed E-state index contributed by atoms with van der Waals surface area (Å²) in [5.41, 5.74) is 1.39. The van der Waals surface area contributed by atoms with E-state index in [0.717, 1.165) is 79.5 Å². The van der Waals surface area contributed by atoms with Crippen LogP contribution in [0.5, 0.6) is 5.75 Å². The summed E-state index contributed by atoms with van der Waals surface area (Å²) < 4.78 is 34.5. The number of fused-ring (bicyclic) bond motifs is 1. The number of benzene rings is 2. The number of hydrogen-bond donors (Lipinski definition) is 1. The molecule has 0 spiro atoms. The van der Waals surface area contributed by atoms with Gasteiger partial charge in [0.1, 0.15) is 11.3 Å². The summed E-state index contributed by atoms with van der Waals surface area (Å²) in [6.45, 7) is 7.43. The minimum atomic E-state index is -3.57. The van der Waals surface area contributed by atoms with Gasteiger partial charge in [-0.05, 0) is 56.2 Å². The quantitative estimate of drug-likeness (QED) is 0.381. The zero-order valence-electron chi connectivity index (χ0n) is 23.3. The highest BCUT2D eigenvalue weighted by Gasteiger charge is 2.29. The molecule has 0 atom stereocenters. The molecule has 1 aliphatic carbocycles. The van der Waals surface area contributed by atoms with Crippen molar-refractivity contribution in [1.29, 1.82) is 0 Å². The molecule has 216 valence electrons. The Kier molecular flexibility index (Phi) is 9.24. The van der Waals surface area contributed by atoms with Crippen molar-refractivity contribution in [3.8, 4) is 5.75 Å². The molecule has 2 aromatic carbocycles. The SMILES string of the molecule is CCOc1cccc2sc(N3CCN(CCNC(=O)c4ccc(S(=O)(=O)N(C)C5CCCCC5)cc4)CC3)nc12. The molecule has 1 saturated heterocycles. The highest BCUT2D eigenvalue weighted by molar-refractivity contribution is 7.89. The number of aromatic nitrogens is 1. The monoisotopic (exact) mass is 585 g/mol. The Morgan fingerprint density at radius 3 is 2.50 bits per heavy atom. The normalized spacial score (nSPS) is 17.4. The van der Waals surface area contributed by atoms with Crippen LogP contribution < -0.4 is 15.0 Å². The van der Waals surface area contributed by atoms with Gasteiger partial charge in [0.05, 0.1) is 16.2 Å². The maximum Gasteiger partial charge on any atom is 0.251 e. The molecule has 9 nitrogen and oxygen atoms in total. The molecule has 40 heavy (non-hydrogen) atoms. The fourth-order valence-corrected chi connectivity index (χ4v) is 7.95. The van der Waals surface area contributed by atoms with Crippen LogP contribution >= 0.6 is 11.3 Å². The molecule has 2 fully saturated rings. The molecule has 0 bridgehead atoms. The molecular weight excluding hydrogens is 546 g/mol. The van der Waals surface area contributed by atoms with Crippen molar-refractivity contribution in [2.24, 2.45) is 0 Å². The van der Waals surface area contributed by atoms with Crippen LogP contribution in [0.2, 0.25) is 0 Å². The summed E-state index contributed by atoms with van der Waals surface area (Å²) in [7, 11) is -1.90. The number of carbonyl (C=O) groups is 1. The first kappa shape index (κ1) is 28.8. The van der Waals surface area contributed by atoms with Gasteiger partial charge in [0.2, 0.25) is 10.0 Å². The largest absolute Gasteiger partial charge is 0.492 e. The highest BCUT2D eigenvalue weighted by Crippen LogP contribution is 2.34. The Hall–Kier alpha value is -2.73. The summed E-state index contributed by atoms with van der Waals surface area (Å²) in [6, 6.07) is 12.4. The molecular formula is C29H39N5O4S2. The average molecular weight is 586 g/mol. The molecule has 2 aliphatic rings. The van der Waals surface area contributed by atoms with E-state index in [1.54, 1.807) is 42.6 Å². The first-order valence-corrected chi connectivity index (χ1v) is 16.5. The molecule has 2 heterocycles. The van der Waals surface area contributed by atoms with Crippen LogP contribution in [-0.4, -0.2) is 87.5 Å². The van der Waals surface area contributed by atoms with Crippen LogP contribution in [0.1, 0.15) is 49.4 Å². The van der Waals surface area contributed by atoms with Gasteiger partial charge < -0.3 is 15.0 Å². The average Bonchev–Trinajstić information content (AvgIpc) is 3.43. The van der Waals surface area contributed by atoms with Crippen molar-refractivity contribution in [2.45, 2.75) is 50.0 Å². The maximum absolute atomic E-state index is 13.1. The second kappa shape index (κ2) is 12.8. The van der Waals surface area contributed by atoms with E-state index in [4.69, 9.17) is 9.72 Å². The molecule has 5 rings (SSSR count). The van der Waals surface area contributed by atoms with Gasteiger partial charge in [-0.1, -0.05) is 36.7 Å². The third-order valence-electron chi connectivity index (χ3n) is 7.91. The topological polar surface area (TPSA) is 95.1 Å². The number of anilines is 1. The van der Waals surface area contributed by atoms with E-state index in [1.807, 2.05) is 19.1 Å². The number of ether oxygens (including phenoxy) is 1. The predicted molar refractivity (Wildman–Crippen MR) is 160 cm³/mol. The van der Waals surface area contributed by atoms with Crippen LogP contribution in [0, 0.1) is 0 Å². The van der Waals surface area contributed by atoms with Crippen molar-refractivity contribution in [2.75, 3.05) is 57.8 Å². The summed E-state index contributed by atoms with van der Waals surface area (Å²) in [5.74, 6) is 0.641. The van der Waals surface area contributed by atoms with E-state index < -0.39 is 10.0 Å². The van der Waals surface area contributed by atoms with Crippen LogP contribution in [0.25, 0.3) is 10.2 Å². The summed E-state index contributed by atoms with van der Waals surface area (Å²) in [4.78, 5) is 22.5. The van der Waals surface area contributed by atoms with E-state index in [-0.39, 0.29) is 16.8 Å². The minimum Gasteiger partial charge on any atom is -0.492 e. The Bertz CT molecular complexity index is 1400. The number of amides is 1. The van der Waals surface area contributed by atoms with Gasteiger partial charge >= 0.3 is 0 Å². The van der Waals surface area contributed by atoms with Gasteiger partial charge in [-0.15, -0.1) is 0 Å². The molecule has 0 unspecified atom stereocenters. The standard InChI is InChI=1S/C29H39N5O4S2/c1-3-38-25-10-7-11-26-27(25)31-29(39-26)34-20-18-33(19-21-34)17-16-30-28(35)22-12-14-24(15-13-22)40(36,37)32(2)23-8-5-4-6-9-23/h7,10-15,23H,3-6,8-9,16-21H2,1-2H3,(H,30,35). The fourth-order valence-electron chi connectivity index (χ4n) is 5.50. The van der Waals surface area contributed by atoms with E-state index in [9.17, 15) is 13.2 Å². The van der Waals surface area contributed by atoms with Gasteiger partial charge in [-0.25, -0.2) is 13.4 Å². The zero-order valence-corrected chi connectivity index (χ0v) is 25.0. The summed E-state index contributed by atoms with van der Waals surface area (Å²) in [5, 5.41) is 4.00. The maximum atomic E-state index is 13.1. The lowest BCUT2D eigenvalue weighted by molar-refractivity contribution is 0.0947. The van der Waals surface area contributed by atoms with Crippen molar-refractivity contribution in [3.63, 3.8) is 0 Å². The fraction of sp³-hybridized carbons (Fsp3) is 0.517. The van der Waals surface area contributed by atoms with E-state index in [1.165, 1.54) is 10.7 Å². The van der Waals surface area contributed by atoms with Gasteiger partial charge in [0.25, 0.3) is 5.91 Å². The second-order valence-electron chi connectivity index (χ2n) is 10.5. The van der Waals surface area contributed by atoms with Crippen LogP contribution in [-0.2, 0) is 10.0 Å². The Morgan fingerprint density at radius 1 is 1.07 bits per heavy atom. The van der Waals surface area contributed by atoms with Gasteiger partial charge in [-0.3, -0.25) is 9.69 Å². The first-order chi connectivity index (χ1) is 19.4. The van der Waals surface area contributed by atoms with Crippen LogP contribution in [0.4, 0.5) is 5.13 Å². The minimum absolute atomic E-state index is 0.0537. The van der Waals surface area contributed by atoms with E-state index in [0.29, 0.717) is 18.7 Å². The van der Waals surface area contributed by atoms with Crippen molar-refractivity contribution in [3.05, 3.63) is 48.0 Å². The number of piperazine rings is 1. The number of nitrogens with zero attached hydrogens (tertiary/aromatic N) is 4. The molecule has 3 aromatic rings. The number of carbonyl (C=O) groups excluding carboxylic acids is 1. The molecule has 1 saturated carbocycles. The molecule has 1 amide bonds. The van der Waals surface area contributed by atoms with Crippen molar-refractivity contribution >= 4 is 42.6 Å². The van der Waals surface area contributed by atoms with E-state index in [2.05, 4.69) is 21.2 Å². The van der Waals surface area contributed by atoms with Gasteiger partial charge in [0.15, 0.2) is 5.13 Å². The number of thiazole rings is 1. The Morgan fingerprint density at radius 2 is 1.80 bits per heavy atom. The second-order valence-corrected chi connectivity index (χ2v) is 13.5. The van der Waals surface area contributed by atoms with Gasteiger partial charge in [0, 0.05) is 57.9 Å². The third-order valence-corrected chi connectivity index (χ3v) is 10.9. The zero-order chi connectivity index (χ0) is 28.1. The predicted octanol–water partition coefficient (Wildman–Crippen LogP) is 4.20. The van der Waals surface area contributed by atoms with Gasteiger partial charge in [-0.2, -0.15) is 4.31 Å². The number of nitrogens with one attached hydrogen (secondary N) is 1. The van der Waals surface area contributed by atoms with Crippen molar-refractivity contribution < 1.29 is 17.9 Å². The van der Waals surface area contributed by atoms with Crippen LogP contribution in [0.15, 0.2) is 47.4 Å². The lowest BCUT2D eigenvalue weighted by atomic mass is 9.96. The Balaban J connectivity index is 1.08. The lowest BCUT2D eigenvalue weighted by Crippen LogP contribution is -2.48. The Labute approximate surface area is 241 Å². The number of hydrogen-bond acceptors (Lipinski definition) is 8. The summed E-state index contributed by atoms with van der Waals surface area (Å²) in [6.07, 6.45) is 5.12. The smallest absolute Gasteiger partial charge is 0.251 e. The number of rotatable bonds is 10. The third kappa shape index (κ3) is 6.43. The van der Waals surface area contributed by atoms with Crippen molar-refractivity contribution in [1.82, 2.24) is 19.5 Å². The lowest BCUT2D eigenvalue weighted by Gasteiger charge is -2.34. The highest BCUT2D eigenvalue weighted by atomic mass is 32.2. The first-order valence-electron chi connectivity index (χ1n) is 14.2.